The summed E-state index contributed by atoms with van der Waals surface area (Å²) >= 11 is 0. The van der Waals surface area contributed by atoms with Gasteiger partial charge in [-0.05, 0) is 37.0 Å². The third-order valence-corrected chi connectivity index (χ3v) is 5.60. The Morgan fingerprint density at radius 3 is 2.54 bits per heavy atom. The maximum atomic E-state index is 12.0. The van der Waals surface area contributed by atoms with Crippen LogP contribution in [0.25, 0.3) is 0 Å². The zero-order chi connectivity index (χ0) is 17.9. The number of hydrogen-bond donors (Lipinski definition) is 2. The first-order chi connectivity index (χ1) is 11.2. The second kappa shape index (κ2) is 7.21. The van der Waals surface area contributed by atoms with E-state index in [1.165, 1.54) is 4.31 Å². The van der Waals surface area contributed by atoms with Crippen molar-refractivity contribution in [2.45, 2.75) is 27.2 Å². The molecule has 0 unspecified atom stereocenters. The molecule has 8 heteroatoms. The van der Waals surface area contributed by atoms with Gasteiger partial charge in [0, 0.05) is 18.8 Å². The average Bonchev–Trinajstić information content (AvgIpc) is 2.86. The van der Waals surface area contributed by atoms with Gasteiger partial charge >= 0.3 is 11.8 Å². The van der Waals surface area contributed by atoms with Crippen LogP contribution < -0.4 is 14.9 Å². The van der Waals surface area contributed by atoms with Gasteiger partial charge in [-0.1, -0.05) is 19.9 Å². The Kier molecular flexibility index (Phi) is 5.48. The molecule has 2 N–H and O–H groups in total. The van der Waals surface area contributed by atoms with Crippen LogP contribution in [0.3, 0.4) is 0 Å². The lowest BCUT2D eigenvalue weighted by Gasteiger charge is -2.19. The van der Waals surface area contributed by atoms with Crippen LogP contribution >= 0.6 is 0 Å². The Labute approximate surface area is 142 Å². The minimum absolute atomic E-state index is 0.125. The maximum absolute atomic E-state index is 12.0. The van der Waals surface area contributed by atoms with E-state index in [0.717, 1.165) is 5.56 Å². The number of carbonyl (C=O) groups is 2. The molecule has 1 aromatic carbocycles. The molecule has 0 aliphatic carbocycles. The summed E-state index contributed by atoms with van der Waals surface area (Å²) in [4.78, 5) is 23.8. The quantitative estimate of drug-likeness (QED) is 0.796. The monoisotopic (exact) mass is 353 g/mol. The molecule has 24 heavy (non-hydrogen) atoms. The maximum Gasteiger partial charge on any atom is 0.313 e. The van der Waals surface area contributed by atoms with Gasteiger partial charge in [-0.3, -0.25) is 13.9 Å². The fraction of sp³-hybridized carbons (Fsp3) is 0.500. The smallest absolute Gasteiger partial charge is 0.313 e. The zero-order valence-electron chi connectivity index (χ0n) is 14.1. The van der Waals surface area contributed by atoms with E-state index in [0.29, 0.717) is 30.9 Å². The highest BCUT2D eigenvalue weighted by molar-refractivity contribution is 7.93. The number of benzene rings is 1. The molecule has 0 saturated carbocycles. The second-order valence-corrected chi connectivity index (χ2v) is 8.31. The van der Waals surface area contributed by atoms with Crippen molar-refractivity contribution in [3.8, 4) is 0 Å². The van der Waals surface area contributed by atoms with Gasteiger partial charge in [0.1, 0.15) is 0 Å². The van der Waals surface area contributed by atoms with Gasteiger partial charge in [0.25, 0.3) is 0 Å². The molecule has 0 spiro atoms. The second-order valence-electron chi connectivity index (χ2n) is 6.30. The Morgan fingerprint density at radius 1 is 1.25 bits per heavy atom. The van der Waals surface area contributed by atoms with Gasteiger partial charge in [0.05, 0.1) is 11.4 Å². The van der Waals surface area contributed by atoms with Gasteiger partial charge in [-0.2, -0.15) is 0 Å². The molecule has 1 heterocycles. The Hall–Kier alpha value is -2.09. The molecule has 0 aromatic heterocycles. The fourth-order valence-electron chi connectivity index (χ4n) is 2.39. The van der Waals surface area contributed by atoms with E-state index < -0.39 is 21.8 Å². The fourth-order valence-corrected chi connectivity index (χ4v) is 3.94. The number of aryl methyl sites for hydroxylation is 1. The van der Waals surface area contributed by atoms with Crippen molar-refractivity contribution in [1.82, 2.24) is 5.32 Å². The van der Waals surface area contributed by atoms with Crippen molar-refractivity contribution in [2.24, 2.45) is 5.92 Å². The average molecular weight is 353 g/mol. The van der Waals surface area contributed by atoms with Crippen LogP contribution in [0.2, 0.25) is 0 Å². The van der Waals surface area contributed by atoms with Crippen LogP contribution in [-0.2, 0) is 19.6 Å². The first kappa shape index (κ1) is 18.3. The highest BCUT2D eigenvalue weighted by Crippen LogP contribution is 2.28. The van der Waals surface area contributed by atoms with E-state index in [1.807, 2.05) is 13.8 Å². The number of sulfonamides is 1. The van der Waals surface area contributed by atoms with Gasteiger partial charge in [-0.25, -0.2) is 8.42 Å². The van der Waals surface area contributed by atoms with E-state index in [-0.39, 0.29) is 11.7 Å². The van der Waals surface area contributed by atoms with Crippen LogP contribution in [0, 0.1) is 12.8 Å². The lowest BCUT2D eigenvalue weighted by atomic mass is 10.1. The van der Waals surface area contributed by atoms with Gasteiger partial charge < -0.3 is 10.6 Å². The number of nitrogens with one attached hydrogen (secondary N) is 2. The molecule has 1 saturated heterocycles. The number of carbonyl (C=O) groups excluding carboxylic acids is 2. The SMILES string of the molecule is Cc1ccc(N2CCCS2(=O)=O)cc1NC(=O)C(=O)NCC(C)C. The molecule has 1 aromatic rings. The van der Waals surface area contributed by atoms with Crippen LogP contribution in [0.5, 0.6) is 0 Å². The van der Waals surface area contributed by atoms with Crippen LogP contribution in [0.4, 0.5) is 11.4 Å². The van der Waals surface area contributed by atoms with Crippen molar-refractivity contribution in [1.29, 1.82) is 0 Å². The molecule has 7 nitrogen and oxygen atoms in total. The van der Waals surface area contributed by atoms with E-state index in [2.05, 4.69) is 10.6 Å². The van der Waals surface area contributed by atoms with Crippen LogP contribution in [-0.4, -0.2) is 39.1 Å². The summed E-state index contributed by atoms with van der Waals surface area (Å²) in [6, 6.07) is 5.02. The van der Waals surface area contributed by atoms with Crippen molar-refractivity contribution in [3.63, 3.8) is 0 Å². The molecule has 0 atom stereocenters. The minimum Gasteiger partial charge on any atom is -0.348 e. The summed E-state index contributed by atoms with van der Waals surface area (Å²) in [5, 5.41) is 5.10. The summed E-state index contributed by atoms with van der Waals surface area (Å²) in [6.45, 7) is 6.49. The van der Waals surface area contributed by atoms with Gasteiger partial charge in [0.15, 0.2) is 0 Å². The number of rotatable bonds is 4. The van der Waals surface area contributed by atoms with E-state index in [9.17, 15) is 18.0 Å². The van der Waals surface area contributed by atoms with Crippen LogP contribution in [0.1, 0.15) is 25.8 Å². The number of anilines is 2. The first-order valence-electron chi connectivity index (χ1n) is 7.91. The summed E-state index contributed by atoms with van der Waals surface area (Å²) in [6.07, 6.45) is 0.579. The Morgan fingerprint density at radius 2 is 1.96 bits per heavy atom. The third-order valence-electron chi connectivity index (χ3n) is 3.73. The number of hydrogen-bond acceptors (Lipinski definition) is 4. The molecule has 0 bridgehead atoms. The van der Waals surface area contributed by atoms with Crippen molar-refractivity contribution < 1.29 is 18.0 Å². The predicted molar refractivity (Wildman–Crippen MR) is 93.4 cm³/mol. The van der Waals surface area contributed by atoms with Crippen molar-refractivity contribution in [3.05, 3.63) is 23.8 Å². The topological polar surface area (TPSA) is 95.6 Å². The summed E-state index contributed by atoms with van der Waals surface area (Å²) < 4.78 is 25.4. The first-order valence-corrected chi connectivity index (χ1v) is 9.52. The molecular formula is C16H23N3O4S. The molecule has 1 aliphatic rings. The Bertz CT molecular complexity index is 744. The third kappa shape index (κ3) is 4.25. The molecule has 132 valence electrons. The summed E-state index contributed by atoms with van der Waals surface area (Å²) in [5.74, 6) is -1.10. The standard InChI is InChI=1S/C16H23N3O4S/c1-11(2)10-17-15(20)16(21)18-14-9-13(6-5-12(14)3)19-7-4-8-24(19,22)23/h5-6,9,11H,4,7-8,10H2,1-3H3,(H,17,20)(H,18,21). The van der Waals surface area contributed by atoms with Gasteiger partial charge in [0.2, 0.25) is 10.0 Å². The van der Waals surface area contributed by atoms with Gasteiger partial charge in [-0.15, -0.1) is 0 Å². The Balaban J connectivity index is 2.14. The van der Waals surface area contributed by atoms with Crippen LogP contribution in [0.15, 0.2) is 18.2 Å². The summed E-state index contributed by atoms with van der Waals surface area (Å²) in [5.41, 5.74) is 1.68. The zero-order valence-corrected chi connectivity index (χ0v) is 14.9. The molecule has 2 amide bonds. The molecule has 2 rings (SSSR count). The van der Waals surface area contributed by atoms with E-state index in [4.69, 9.17) is 0 Å². The largest absolute Gasteiger partial charge is 0.348 e. The normalized spacial score (nSPS) is 16.2. The highest BCUT2D eigenvalue weighted by atomic mass is 32.2. The lowest BCUT2D eigenvalue weighted by molar-refractivity contribution is -0.136. The molecule has 1 fully saturated rings. The minimum atomic E-state index is -3.29. The highest BCUT2D eigenvalue weighted by Gasteiger charge is 2.28. The molecule has 0 radical (unpaired) electrons. The summed E-state index contributed by atoms with van der Waals surface area (Å²) in [7, 11) is -3.29. The van der Waals surface area contributed by atoms with Crippen molar-refractivity contribution >= 4 is 33.2 Å². The predicted octanol–water partition coefficient (Wildman–Crippen LogP) is 1.25. The molecule has 1 aliphatic heterocycles. The van der Waals surface area contributed by atoms with Crippen molar-refractivity contribution in [2.75, 3.05) is 28.5 Å². The van der Waals surface area contributed by atoms with E-state index in [1.54, 1.807) is 25.1 Å². The molecular weight excluding hydrogens is 330 g/mol. The van der Waals surface area contributed by atoms with E-state index >= 15 is 0 Å². The number of nitrogens with zero attached hydrogens (tertiary/aromatic N) is 1. The lowest BCUT2D eigenvalue weighted by Crippen LogP contribution is -2.37. The number of amides is 2.